The quantitative estimate of drug-likeness (QED) is 0.791. The number of carbonyl (C=O) groups excluding carboxylic acids is 1. The zero-order valence-electron chi connectivity index (χ0n) is 13.2. The van der Waals surface area contributed by atoms with Crippen LogP contribution >= 0.6 is 0 Å². The third-order valence-electron chi connectivity index (χ3n) is 4.05. The van der Waals surface area contributed by atoms with E-state index in [0.717, 1.165) is 19.3 Å². The Labute approximate surface area is 121 Å². The predicted octanol–water partition coefficient (Wildman–Crippen LogP) is 3.28. The van der Waals surface area contributed by atoms with Crippen molar-refractivity contribution in [2.24, 2.45) is 5.92 Å². The molecule has 1 rings (SSSR count). The van der Waals surface area contributed by atoms with Gasteiger partial charge in [-0.25, -0.2) is 9.59 Å². The second-order valence-corrected chi connectivity index (χ2v) is 6.91. The SMILES string of the molecule is CC1CCCC(C(=O)O)(N(C)C(=O)OC(C)(C)C)CC1. The highest BCUT2D eigenvalue weighted by atomic mass is 16.6. The van der Waals surface area contributed by atoms with Crippen LogP contribution in [0.1, 0.15) is 59.8 Å². The third kappa shape index (κ3) is 3.87. The van der Waals surface area contributed by atoms with E-state index in [2.05, 4.69) is 6.92 Å². The van der Waals surface area contributed by atoms with Crippen molar-refractivity contribution in [3.05, 3.63) is 0 Å². The smallest absolute Gasteiger partial charge is 0.410 e. The van der Waals surface area contributed by atoms with E-state index in [0.29, 0.717) is 18.8 Å². The molecule has 0 aliphatic heterocycles. The fourth-order valence-electron chi connectivity index (χ4n) is 2.70. The van der Waals surface area contributed by atoms with Crippen LogP contribution in [0, 0.1) is 5.92 Å². The second-order valence-electron chi connectivity index (χ2n) is 6.91. The molecule has 1 aliphatic rings. The van der Waals surface area contributed by atoms with Gasteiger partial charge in [-0.05, 0) is 46.0 Å². The van der Waals surface area contributed by atoms with Crippen molar-refractivity contribution in [3.8, 4) is 0 Å². The molecule has 5 nitrogen and oxygen atoms in total. The van der Waals surface area contributed by atoms with Gasteiger partial charge in [0.05, 0.1) is 0 Å². The highest BCUT2D eigenvalue weighted by molar-refractivity contribution is 5.84. The van der Waals surface area contributed by atoms with E-state index in [1.165, 1.54) is 11.9 Å². The first-order valence-corrected chi connectivity index (χ1v) is 7.29. The molecule has 0 aromatic heterocycles. The lowest BCUT2D eigenvalue weighted by molar-refractivity contribution is -0.151. The molecule has 0 aromatic carbocycles. The molecule has 0 heterocycles. The monoisotopic (exact) mass is 285 g/mol. The summed E-state index contributed by atoms with van der Waals surface area (Å²) in [6, 6.07) is 0. The van der Waals surface area contributed by atoms with Crippen LogP contribution in [0.5, 0.6) is 0 Å². The van der Waals surface area contributed by atoms with Crippen molar-refractivity contribution in [1.29, 1.82) is 0 Å². The molecule has 20 heavy (non-hydrogen) atoms. The molecular weight excluding hydrogens is 258 g/mol. The van der Waals surface area contributed by atoms with E-state index in [9.17, 15) is 14.7 Å². The van der Waals surface area contributed by atoms with E-state index < -0.39 is 23.2 Å². The molecule has 2 unspecified atom stereocenters. The Kier molecular flexibility index (Phi) is 5.05. The minimum atomic E-state index is -1.13. The van der Waals surface area contributed by atoms with Gasteiger partial charge in [0.15, 0.2) is 0 Å². The molecule has 0 aromatic rings. The molecule has 1 fully saturated rings. The third-order valence-corrected chi connectivity index (χ3v) is 4.05. The Balaban J connectivity index is 2.95. The molecule has 116 valence electrons. The van der Waals surface area contributed by atoms with Gasteiger partial charge in [-0.2, -0.15) is 0 Å². The van der Waals surface area contributed by atoms with E-state index in [4.69, 9.17) is 4.74 Å². The van der Waals surface area contributed by atoms with Crippen LogP contribution in [-0.4, -0.2) is 40.3 Å². The highest BCUT2D eigenvalue weighted by Gasteiger charge is 2.46. The molecule has 1 saturated carbocycles. The molecular formula is C15H27NO4. The minimum absolute atomic E-state index is 0.485. The van der Waals surface area contributed by atoms with Gasteiger partial charge in [0.1, 0.15) is 11.1 Å². The van der Waals surface area contributed by atoms with Gasteiger partial charge >= 0.3 is 12.1 Å². The topological polar surface area (TPSA) is 66.8 Å². The molecule has 5 heteroatoms. The van der Waals surface area contributed by atoms with E-state index in [1.807, 2.05) is 0 Å². The molecule has 0 spiro atoms. The Morgan fingerprint density at radius 3 is 2.35 bits per heavy atom. The number of carbonyl (C=O) groups is 2. The first-order chi connectivity index (χ1) is 9.08. The number of hydrogen-bond acceptors (Lipinski definition) is 3. The number of rotatable bonds is 2. The van der Waals surface area contributed by atoms with E-state index in [-0.39, 0.29) is 0 Å². The van der Waals surface area contributed by atoms with Crippen molar-refractivity contribution in [1.82, 2.24) is 4.90 Å². The molecule has 2 atom stereocenters. The summed E-state index contributed by atoms with van der Waals surface area (Å²) >= 11 is 0. The Morgan fingerprint density at radius 1 is 1.25 bits per heavy atom. The van der Waals surface area contributed by atoms with Gasteiger partial charge < -0.3 is 9.84 Å². The second kappa shape index (κ2) is 6.02. The van der Waals surface area contributed by atoms with Gasteiger partial charge in [0.25, 0.3) is 0 Å². The summed E-state index contributed by atoms with van der Waals surface area (Å²) in [5.41, 5.74) is -1.75. The number of likely N-dealkylation sites (N-methyl/N-ethyl adjacent to an activating group) is 1. The Bertz CT molecular complexity index is 375. The van der Waals surface area contributed by atoms with Gasteiger partial charge in [0, 0.05) is 7.05 Å². The molecule has 0 saturated heterocycles. The van der Waals surface area contributed by atoms with Crippen LogP contribution in [0.15, 0.2) is 0 Å². The Morgan fingerprint density at radius 2 is 1.85 bits per heavy atom. The van der Waals surface area contributed by atoms with Crippen LogP contribution in [0.4, 0.5) is 4.79 Å². The predicted molar refractivity (Wildman–Crippen MR) is 76.6 cm³/mol. The summed E-state index contributed by atoms with van der Waals surface area (Å²) in [5.74, 6) is -0.428. The van der Waals surface area contributed by atoms with E-state index in [1.54, 1.807) is 20.8 Å². The van der Waals surface area contributed by atoms with Crippen LogP contribution in [-0.2, 0) is 9.53 Å². The molecule has 0 radical (unpaired) electrons. The molecule has 1 amide bonds. The Hall–Kier alpha value is -1.26. The van der Waals surface area contributed by atoms with Gasteiger partial charge in [-0.15, -0.1) is 0 Å². The number of nitrogens with zero attached hydrogens (tertiary/aromatic N) is 1. The molecule has 1 aliphatic carbocycles. The standard InChI is InChI=1S/C15H27NO4/c1-11-7-6-9-15(10-8-11,12(17)18)16(5)13(19)20-14(2,3)4/h11H,6-10H2,1-5H3,(H,17,18). The summed E-state index contributed by atoms with van der Waals surface area (Å²) in [6.45, 7) is 7.47. The van der Waals surface area contributed by atoms with Crippen LogP contribution in [0.25, 0.3) is 0 Å². The molecule has 0 bridgehead atoms. The maximum Gasteiger partial charge on any atom is 0.410 e. The number of carboxylic acid groups (broad SMARTS) is 1. The normalized spacial score (nSPS) is 27.6. The van der Waals surface area contributed by atoms with E-state index >= 15 is 0 Å². The fraction of sp³-hybridized carbons (Fsp3) is 0.867. The van der Waals surface area contributed by atoms with Crippen molar-refractivity contribution < 1.29 is 19.4 Å². The number of amides is 1. The lowest BCUT2D eigenvalue weighted by atomic mass is 9.88. The lowest BCUT2D eigenvalue weighted by Crippen LogP contribution is -2.56. The zero-order chi connectivity index (χ0) is 15.6. The van der Waals surface area contributed by atoms with Crippen molar-refractivity contribution >= 4 is 12.1 Å². The minimum Gasteiger partial charge on any atom is -0.479 e. The summed E-state index contributed by atoms with van der Waals surface area (Å²) in [4.78, 5) is 25.3. The summed E-state index contributed by atoms with van der Waals surface area (Å²) in [6.07, 6.45) is 3.06. The molecule has 1 N–H and O–H groups in total. The first kappa shape index (κ1) is 16.8. The van der Waals surface area contributed by atoms with Crippen LogP contribution in [0.3, 0.4) is 0 Å². The summed E-state index contributed by atoms with van der Waals surface area (Å²) in [5, 5.41) is 9.67. The van der Waals surface area contributed by atoms with Gasteiger partial charge in [-0.1, -0.05) is 19.8 Å². The highest BCUT2D eigenvalue weighted by Crippen LogP contribution is 2.35. The number of aliphatic carboxylic acids is 1. The van der Waals surface area contributed by atoms with Crippen LogP contribution in [0.2, 0.25) is 0 Å². The lowest BCUT2D eigenvalue weighted by Gasteiger charge is -2.38. The number of carboxylic acids is 1. The van der Waals surface area contributed by atoms with Crippen molar-refractivity contribution in [2.75, 3.05) is 7.05 Å². The maximum absolute atomic E-state index is 12.2. The fourth-order valence-corrected chi connectivity index (χ4v) is 2.70. The maximum atomic E-state index is 12.2. The van der Waals surface area contributed by atoms with Gasteiger partial charge in [0.2, 0.25) is 0 Å². The van der Waals surface area contributed by atoms with Crippen molar-refractivity contribution in [2.45, 2.75) is 70.9 Å². The summed E-state index contributed by atoms with van der Waals surface area (Å²) < 4.78 is 5.32. The zero-order valence-corrected chi connectivity index (χ0v) is 13.2. The van der Waals surface area contributed by atoms with Gasteiger partial charge in [-0.3, -0.25) is 4.90 Å². The number of ether oxygens (including phenoxy) is 1. The first-order valence-electron chi connectivity index (χ1n) is 7.29. The summed E-state index contributed by atoms with van der Waals surface area (Å²) in [7, 11) is 1.54. The average molecular weight is 285 g/mol. The average Bonchev–Trinajstić information content (AvgIpc) is 2.49. The van der Waals surface area contributed by atoms with Crippen molar-refractivity contribution in [3.63, 3.8) is 0 Å². The largest absolute Gasteiger partial charge is 0.479 e. The van der Waals surface area contributed by atoms with Crippen LogP contribution < -0.4 is 0 Å². The number of hydrogen-bond donors (Lipinski definition) is 1.